The molecule has 0 amide bonds. The molecule has 5 nitrogen and oxygen atoms in total. The van der Waals surface area contributed by atoms with Crippen molar-refractivity contribution < 1.29 is 8.42 Å². The molecule has 0 atom stereocenters. The molecule has 0 aliphatic rings. The lowest BCUT2D eigenvalue weighted by Crippen LogP contribution is -2.18. The summed E-state index contributed by atoms with van der Waals surface area (Å²) in [5, 5.41) is 0.412. The number of H-pyrrole nitrogens is 2. The number of aromatic nitrogens is 2. The van der Waals surface area contributed by atoms with Crippen molar-refractivity contribution in [2.24, 2.45) is 0 Å². The molecule has 2 rings (SSSR count). The number of hydrogen-bond donors (Lipinski definition) is 2. The molecule has 1 heterocycles. The molecule has 0 unspecified atom stereocenters. The van der Waals surface area contributed by atoms with Crippen LogP contribution in [0.5, 0.6) is 0 Å². The van der Waals surface area contributed by atoms with Gasteiger partial charge in [0.1, 0.15) is 0 Å². The quantitative estimate of drug-likeness (QED) is 0.830. The average Bonchev–Trinajstić information content (AvgIpc) is 2.29. The van der Waals surface area contributed by atoms with Crippen molar-refractivity contribution >= 4 is 33.7 Å². The molecule has 0 saturated heterocycles. The van der Waals surface area contributed by atoms with Crippen molar-refractivity contribution in [3.05, 3.63) is 50.6 Å². The summed E-state index contributed by atoms with van der Waals surface area (Å²) in [5.74, 6) is 0. The Morgan fingerprint density at radius 3 is 2.33 bits per heavy atom. The van der Waals surface area contributed by atoms with E-state index in [0.29, 0.717) is 5.02 Å². The van der Waals surface area contributed by atoms with E-state index in [1.807, 2.05) is 0 Å². The van der Waals surface area contributed by atoms with E-state index < -0.39 is 20.3 Å². The van der Waals surface area contributed by atoms with Crippen LogP contribution in [0.2, 0.25) is 5.02 Å². The predicted octanol–water partition coefficient (Wildman–Crippen LogP) is 1.92. The zero-order valence-corrected chi connectivity index (χ0v) is 11.2. The molecule has 0 bridgehead atoms. The van der Waals surface area contributed by atoms with Gasteiger partial charge in [-0.2, -0.15) is 0 Å². The molecule has 94 valence electrons. The van der Waals surface area contributed by atoms with Gasteiger partial charge in [-0.05, 0) is 36.5 Å². The monoisotopic (exact) mass is 302 g/mol. The van der Waals surface area contributed by atoms with Gasteiger partial charge < -0.3 is 4.98 Å². The summed E-state index contributed by atoms with van der Waals surface area (Å²) in [6.45, 7) is 0. The molecule has 1 aromatic carbocycles. The van der Waals surface area contributed by atoms with Crippen LogP contribution in [0, 0.1) is 4.77 Å². The highest BCUT2D eigenvalue weighted by atomic mass is 35.5. The van der Waals surface area contributed by atoms with Crippen LogP contribution in [0.3, 0.4) is 0 Å². The van der Waals surface area contributed by atoms with E-state index in [0.717, 1.165) is 6.20 Å². The minimum atomic E-state index is -3.88. The summed E-state index contributed by atoms with van der Waals surface area (Å²) in [4.78, 5) is 15.9. The average molecular weight is 303 g/mol. The molecule has 2 aromatic rings. The summed E-state index contributed by atoms with van der Waals surface area (Å²) in [7, 11) is -3.88. The SMILES string of the molecule is O=c1[nH]c(=S)[nH]cc1S(=O)(=O)c1ccc(Cl)cc1. The summed E-state index contributed by atoms with van der Waals surface area (Å²) >= 11 is 10.4. The van der Waals surface area contributed by atoms with E-state index in [1.165, 1.54) is 24.3 Å². The summed E-state index contributed by atoms with van der Waals surface area (Å²) < 4.78 is 24.4. The molecule has 18 heavy (non-hydrogen) atoms. The van der Waals surface area contributed by atoms with Gasteiger partial charge in [0.2, 0.25) is 9.84 Å². The lowest BCUT2D eigenvalue weighted by molar-refractivity contribution is 0.594. The standard InChI is InChI=1S/C10H7ClN2O3S2/c11-6-1-3-7(4-2-6)18(15,16)8-5-12-10(17)13-9(8)14/h1-5H,(H2,12,13,14,17). The number of aromatic amines is 2. The Morgan fingerprint density at radius 2 is 1.78 bits per heavy atom. The molecule has 1 aromatic heterocycles. The fourth-order valence-electron chi connectivity index (χ4n) is 1.34. The highest BCUT2D eigenvalue weighted by molar-refractivity contribution is 7.91. The normalized spacial score (nSPS) is 11.4. The minimum Gasteiger partial charge on any atom is -0.337 e. The summed E-state index contributed by atoms with van der Waals surface area (Å²) in [6.07, 6.45) is 1.07. The van der Waals surface area contributed by atoms with Crippen molar-refractivity contribution in [3.8, 4) is 0 Å². The number of sulfone groups is 1. The number of hydrogen-bond acceptors (Lipinski definition) is 4. The van der Waals surface area contributed by atoms with Gasteiger partial charge >= 0.3 is 0 Å². The molecule has 8 heteroatoms. The van der Waals surface area contributed by atoms with E-state index in [2.05, 4.69) is 9.97 Å². The lowest BCUT2D eigenvalue weighted by atomic mass is 10.4. The highest BCUT2D eigenvalue weighted by Gasteiger charge is 2.21. The maximum atomic E-state index is 12.2. The summed E-state index contributed by atoms with van der Waals surface area (Å²) in [6, 6.07) is 5.54. The first-order valence-corrected chi connectivity index (χ1v) is 7.01. The van der Waals surface area contributed by atoms with Gasteiger partial charge in [-0.25, -0.2) is 8.42 Å². The topological polar surface area (TPSA) is 82.8 Å². The number of halogens is 1. The van der Waals surface area contributed by atoms with Gasteiger partial charge in [0.05, 0.1) is 4.90 Å². The Balaban J connectivity index is 2.65. The smallest absolute Gasteiger partial charge is 0.270 e. The van der Waals surface area contributed by atoms with Crippen molar-refractivity contribution in [1.29, 1.82) is 0 Å². The fourth-order valence-corrected chi connectivity index (χ4v) is 2.87. The predicted molar refractivity (Wildman–Crippen MR) is 69.2 cm³/mol. The van der Waals surface area contributed by atoms with Gasteiger partial charge in [-0.3, -0.25) is 9.78 Å². The van der Waals surface area contributed by atoms with Crippen LogP contribution >= 0.6 is 23.8 Å². The Labute approximate surface area is 112 Å². The number of benzene rings is 1. The van der Waals surface area contributed by atoms with Gasteiger partial charge in [-0.15, -0.1) is 0 Å². The highest BCUT2D eigenvalue weighted by Crippen LogP contribution is 2.19. The molecule has 0 radical (unpaired) electrons. The van der Waals surface area contributed by atoms with Crippen molar-refractivity contribution in [3.63, 3.8) is 0 Å². The van der Waals surface area contributed by atoms with E-state index in [-0.39, 0.29) is 9.67 Å². The van der Waals surface area contributed by atoms with Crippen molar-refractivity contribution in [2.45, 2.75) is 9.79 Å². The second-order valence-electron chi connectivity index (χ2n) is 3.39. The third-order valence-electron chi connectivity index (χ3n) is 2.20. The van der Waals surface area contributed by atoms with Gasteiger partial charge in [-0.1, -0.05) is 11.6 Å². The van der Waals surface area contributed by atoms with Crippen LogP contribution in [0.4, 0.5) is 0 Å². The first-order chi connectivity index (χ1) is 8.41. The third kappa shape index (κ3) is 2.38. The molecule has 0 aliphatic carbocycles. The second-order valence-corrected chi connectivity index (χ2v) is 6.16. The van der Waals surface area contributed by atoms with Crippen LogP contribution in [-0.4, -0.2) is 18.4 Å². The fraction of sp³-hybridized carbons (Fsp3) is 0. The minimum absolute atomic E-state index is 0.0112. The van der Waals surface area contributed by atoms with Crippen LogP contribution in [0.15, 0.2) is 45.0 Å². The van der Waals surface area contributed by atoms with E-state index >= 15 is 0 Å². The molecule has 0 saturated carbocycles. The Morgan fingerprint density at radius 1 is 1.17 bits per heavy atom. The third-order valence-corrected chi connectivity index (χ3v) is 4.45. The van der Waals surface area contributed by atoms with E-state index in [1.54, 1.807) is 0 Å². The lowest BCUT2D eigenvalue weighted by Gasteiger charge is -2.03. The molecule has 2 N–H and O–H groups in total. The molecular weight excluding hydrogens is 296 g/mol. The van der Waals surface area contributed by atoms with Crippen LogP contribution in [0.1, 0.15) is 0 Å². The van der Waals surface area contributed by atoms with Gasteiger partial charge in [0, 0.05) is 11.2 Å². The first kappa shape index (κ1) is 13.0. The van der Waals surface area contributed by atoms with Gasteiger partial charge in [0.25, 0.3) is 5.56 Å². The maximum Gasteiger partial charge on any atom is 0.270 e. The van der Waals surface area contributed by atoms with E-state index in [4.69, 9.17) is 23.8 Å². The summed E-state index contributed by atoms with van der Waals surface area (Å²) in [5.41, 5.74) is -0.756. The van der Waals surface area contributed by atoms with Gasteiger partial charge in [0.15, 0.2) is 9.67 Å². The van der Waals surface area contributed by atoms with Crippen LogP contribution in [-0.2, 0) is 9.84 Å². The van der Waals surface area contributed by atoms with Crippen molar-refractivity contribution in [2.75, 3.05) is 0 Å². The second kappa shape index (κ2) is 4.68. The first-order valence-electron chi connectivity index (χ1n) is 4.74. The molecule has 0 fully saturated rings. The zero-order valence-electron chi connectivity index (χ0n) is 8.81. The van der Waals surface area contributed by atoms with Crippen molar-refractivity contribution in [1.82, 2.24) is 9.97 Å². The van der Waals surface area contributed by atoms with Crippen LogP contribution in [0.25, 0.3) is 0 Å². The maximum absolute atomic E-state index is 12.2. The molecular formula is C10H7ClN2O3S2. The van der Waals surface area contributed by atoms with Crippen LogP contribution < -0.4 is 5.56 Å². The van der Waals surface area contributed by atoms with E-state index in [9.17, 15) is 13.2 Å². The molecule has 0 spiro atoms. The Hall–Kier alpha value is -1.44. The Bertz CT molecular complexity index is 791. The zero-order chi connectivity index (χ0) is 13.3. The largest absolute Gasteiger partial charge is 0.337 e. The Kier molecular flexibility index (Phi) is 3.38. The molecule has 0 aliphatic heterocycles. The number of nitrogens with one attached hydrogen (secondary N) is 2. The number of rotatable bonds is 2.